The van der Waals surface area contributed by atoms with E-state index in [-0.39, 0.29) is 11.8 Å². The van der Waals surface area contributed by atoms with Crippen LogP contribution in [-0.4, -0.2) is 35.1 Å². The van der Waals surface area contributed by atoms with Crippen molar-refractivity contribution in [3.63, 3.8) is 0 Å². The molecule has 2 unspecified atom stereocenters. The zero-order chi connectivity index (χ0) is 17.1. The lowest BCUT2D eigenvalue weighted by Gasteiger charge is -2.20. The van der Waals surface area contributed by atoms with Crippen LogP contribution in [0.15, 0.2) is 48.5 Å². The first-order valence-electron chi connectivity index (χ1n) is 8.17. The van der Waals surface area contributed by atoms with Crippen LogP contribution in [0, 0.1) is 17.2 Å². The Bertz CT molecular complexity index is 792. The molecule has 122 valence electrons. The maximum Gasteiger partial charge on any atom is 0.254 e. The van der Waals surface area contributed by atoms with Gasteiger partial charge in [-0.15, -0.1) is 0 Å². The van der Waals surface area contributed by atoms with Crippen molar-refractivity contribution in [2.75, 3.05) is 13.1 Å². The Balaban J connectivity index is 1.96. The molecular weight excluding hydrogens is 300 g/mol. The van der Waals surface area contributed by atoms with E-state index in [9.17, 15) is 15.2 Å². The highest BCUT2D eigenvalue weighted by molar-refractivity contribution is 6.01. The Morgan fingerprint density at radius 3 is 2.54 bits per heavy atom. The Kier molecular flexibility index (Phi) is 4.64. The standard InChI is InChI=1S/C20H20N2O2/c1-14(23)16-10-11-22(13-16)20(24)19-9-5-4-8-18(19)17-7-3-2-6-15(17)12-21/h2-9,14,16,23H,10-11,13H2,1H3. The number of carbonyl (C=O) groups excluding carboxylic acids is 1. The van der Waals surface area contributed by atoms with Gasteiger partial charge in [0.1, 0.15) is 0 Å². The molecule has 1 saturated heterocycles. The maximum atomic E-state index is 13.0. The summed E-state index contributed by atoms with van der Waals surface area (Å²) in [5.41, 5.74) is 2.71. The predicted octanol–water partition coefficient (Wildman–Crippen LogP) is 3.07. The van der Waals surface area contributed by atoms with Gasteiger partial charge in [0.15, 0.2) is 0 Å². The molecule has 0 bridgehead atoms. The number of carbonyl (C=O) groups is 1. The van der Waals surface area contributed by atoms with Crippen LogP contribution in [0.5, 0.6) is 0 Å². The van der Waals surface area contributed by atoms with E-state index >= 15 is 0 Å². The predicted molar refractivity (Wildman–Crippen MR) is 92.3 cm³/mol. The van der Waals surface area contributed by atoms with Crippen molar-refractivity contribution in [3.05, 3.63) is 59.7 Å². The van der Waals surface area contributed by atoms with Crippen LogP contribution in [0.25, 0.3) is 11.1 Å². The highest BCUT2D eigenvalue weighted by Gasteiger charge is 2.30. The highest BCUT2D eigenvalue weighted by Crippen LogP contribution is 2.29. The summed E-state index contributed by atoms with van der Waals surface area (Å²) in [6.07, 6.45) is 0.415. The van der Waals surface area contributed by atoms with Crippen LogP contribution in [0.1, 0.15) is 29.3 Å². The van der Waals surface area contributed by atoms with Crippen molar-refractivity contribution in [1.82, 2.24) is 4.90 Å². The van der Waals surface area contributed by atoms with Crippen molar-refractivity contribution in [3.8, 4) is 17.2 Å². The van der Waals surface area contributed by atoms with E-state index in [0.717, 1.165) is 17.5 Å². The van der Waals surface area contributed by atoms with Gasteiger partial charge in [0.05, 0.1) is 17.7 Å². The zero-order valence-corrected chi connectivity index (χ0v) is 13.6. The average molecular weight is 320 g/mol. The minimum Gasteiger partial charge on any atom is -0.393 e. The van der Waals surface area contributed by atoms with Crippen LogP contribution in [-0.2, 0) is 0 Å². The summed E-state index contributed by atoms with van der Waals surface area (Å²) in [6, 6.07) is 16.9. The fraction of sp³-hybridized carbons (Fsp3) is 0.300. The van der Waals surface area contributed by atoms with Crippen LogP contribution in [0.4, 0.5) is 0 Å². The SMILES string of the molecule is CC(O)C1CCN(C(=O)c2ccccc2-c2ccccc2C#N)C1. The molecule has 3 rings (SSSR count). The van der Waals surface area contributed by atoms with Gasteiger partial charge in [-0.25, -0.2) is 0 Å². The molecule has 1 N–H and O–H groups in total. The van der Waals surface area contributed by atoms with Crippen molar-refractivity contribution < 1.29 is 9.90 Å². The maximum absolute atomic E-state index is 13.0. The second-order valence-corrected chi connectivity index (χ2v) is 6.24. The summed E-state index contributed by atoms with van der Waals surface area (Å²) in [4.78, 5) is 14.8. The lowest BCUT2D eigenvalue weighted by atomic mass is 9.95. The largest absolute Gasteiger partial charge is 0.393 e. The van der Waals surface area contributed by atoms with Gasteiger partial charge < -0.3 is 10.0 Å². The van der Waals surface area contributed by atoms with Gasteiger partial charge in [0.2, 0.25) is 0 Å². The molecule has 2 atom stereocenters. The number of hydrogen-bond acceptors (Lipinski definition) is 3. The van der Waals surface area contributed by atoms with E-state index in [0.29, 0.717) is 24.2 Å². The van der Waals surface area contributed by atoms with Crippen molar-refractivity contribution in [2.45, 2.75) is 19.4 Å². The highest BCUT2D eigenvalue weighted by atomic mass is 16.3. The zero-order valence-electron chi connectivity index (χ0n) is 13.6. The van der Waals surface area contributed by atoms with Gasteiger partial charge in [-0.2, -0.15) is 5.26 Å². The van der Waals surface area contributed by atoms with Crippen LogP contribution in [0.2, 0.25) is 0 Å². The Morgan fingerprint density at radius 1 is 1.21 bits per heavy atom. The van der Waals surface area contributed by atoms with Crippen molar-refractivity contribution in [1.29, 1.82) is 5.26 Å². The molecule has 2 aromatic carbocycles. The third kappa shape index (κ3) is 3.04. The lowest BCUT2D eigenvalue weighted by Crippen LogP contribution is -2.30. The van der Waals surface area contributed by atoms with Crippen LogP contribution < -0.4 is 0 Å². The molecule has 0 aromatic heterocycles. The van der Waals surface area contributed by atoms with Gasteiger partial charge >= 0.3 is 0 Å². The molecule has 1 aliphatic rings. The number of aliphatic hydroxyl groups excluding tert-OH is 1. The molecule has 1 amide bonds. The molecule has 4 nitrogen and oxygen atoms in total. The number of benzene rings is 2. The second-order valence-electron chi connectivity index (χ2n) is 6.24. The minimum absolute atomic E-state index is 0.0403. The smallest absolute Gasteiger partial charge is 0.254 e. The topological polar surface area (TPSA) is 64.3 Å². The molecule has 0 radical (unpaired) electrons. The van der Waals surface area contributed by atoms with Gasteiger partial charge in [0.25, 0.3) is 5.91 Å². The van der Waals surface area contributed by atoms with Gasteiger partial charge in [0, 0.05) is 30.1 Å². The molecule has 24 heavy (non-hydrogen) atoms. The second kappa shape index (κ2) is 6.86. The summed E-state index contributed by atoms with van der Waals surface area (Å²) in [5, 5.41) is 19.1. The lowest BCUT2D eigenvalue weighted by molar-refractivity contribution is 0.0763. The molecule has 1 aliphatic heterocycles. The Hall–Kier alpha value is -2.64. The van der Waals surface area contributed by atoms with E-state index in [1.165, 1.54) is 0 Å². The normalized spacial score (nSPS) is 18.2. The fourth-order valence-corrected chi connectivity index (χ4v) is 3.26. The minimum atomic E-state index is -0.405. The number of likely N-dealkylation sites (tertiary alicyclic amines) is 1. The third-order valence-corrected chi connectivity index (χ3v) is 4.69. The summed E-state index contributed by atoms with van der Waals surface area (Å²) in [7, 11) is 0. The number of amides is 1. The van der Waals surface area contributed by atoms with Crippen molar-refractivity contribution in [2.24, 2.45) is 5.92 Å². The average Bonchev–Trinajstić information content (AvgIpc) is 3.11. The Morgan fingerprint density at radius 2 is 1.88 bits per heavy atom. The van der Waals surface area contributed by atoms with Crippen LogP contribution in [0.3, 0.4) is 0 Å². The molecular formula is C20H20N2O2. The summed E-state index contributed by atoms with van der Waals surface area (Å²) < 4.78 is 0. The van der Waals surface area contributed by atoms with Gasteiger partial charge in [-0.05, 0) is 31.0 Å². The number of aliphatic hydroxyl groups is 1. The number of nitrogens with zero attached hydrogens (tertiary/aromatic N) is 2. The summed E-state index contributed by atoms with van der Waals surface area (Å²) in [6.45, 7) is 3.00. The molecule has 1 heterocycles. The van der Waals surface area contributed by atoms with E-state index in [4.69, 9.17) is 0 Å². The summed E-state index contributed by atoms with van der Waals surface area (Å²) in [5.74, 6) is 0.0917. The third-order valence-electron chi connectivity index (χ3n) is 4.69. The van der Waals surface area contributed by atoms with E-state index in [1.807, 2.05) is 42.5 Å². The van der Waals surface area contributed by atoms with Gasteiger partial charge in [-0.3, -0.25) is 4.79 Å². The first-order valence-corrected chi connectivity index (χ1v) is 8.17. The first kappa shape index (κ1) is 16.2. The number of hydrogen-bond donors (Lipinski definition) is 1. The monoisotopic (exact) mass is 320 g/mol. The van der Waals surface area contributed by atoms with E-state index < -0.39 is 6.10 Å². The van der Waals surface area contributed by atoms with Crippen molar-refractivity contribution >= 4 is 5.91 Å². The molecule has 1 fully saturated rings. The van der Waals surface area contributed by atoms with E-state index in [1.54, 1.807) is 17.9 Å². The van der Waals surface area contributed by atoms with Crippen LogP contribution >= 0.6 is 0 Å². The van der Waals surface area contributed by atoms with E-state index in [2.05, 4.69) is 6.07 Å². The quantitative estimate of drug-likeness (QED) is 0.945. The number of rotatable bonds is 3. The molecule has 0 spiro atoms. The summed E-state index contributed by atoms with van der Waals surface area (Å²) >= 11 is 0. The van der Waals surface area contributed by atoms with Gasteiger partial charge in [-0.1, -0.05) is 36.4 Å². The fourth-order valence-electron chi connectivity index (χ4n) is 3.26. The Labute approximate surface area is 142 Å². The molecule has 0 saturated carbocycles. The molecule has 2 aromatic rings. The molecule has 0 aliphatic carbocycles. The number of nitriles is 1. The molecule has 4 heteroatoms. The first-order chi connectivity index (χ1) is 11.6.